The van der Waals surface area contributed by atoms with Gasteiger partial charge in [-0.05, 0) is 49.9 Å². The second kappa shape index (κ2) is 6.69. The second-order valence-electron chi connectivity index (χ2n) is 6.13. The number of halogens is 3. The first-order chi connectivity index (χ1) is 10.3. The van der Waals surface area contributed by atoms with Gasteiger partial charge in [0.25, 0.3) is 5.91 Å². The van der Waals surface area contributed by atoms with E-state index in [0.29, 0.717) is 11.6 Å². The standard InChI is InChI=1S/C16H21F3N2O/c1-11-7-9-21(10-8-11)12(2)15(22)20-14-5-3-13(4-6-14)16(17,18)19/h3-6,11-12H,7-10H2,1-2H3,(H,20,22)/p+1/t12-/m1/s1. The molecule has 2 N–H and O–H groups in total. The van der Waals surface area contributed by atoms with E-state index >= 15 is 0 Å². The van der Waals surface area contributed by atoms with Crippen molar-refractivity contribution in [2.24, 2.45) is 5.92 Å². The van der Waals surface area contributed by atoms with Crippen molar-refractivity contribution >= 4 is 11.6 Å². The molecule has 1 saturated heterocycles. The molecule has 0 aliphatic carbocycles. The van der Waals surface area contributed by atoms with Crippen molar-refractivity contribution in [3.63, 3.8) is 0 Å². The van der Waals surface area contributed by atoms with Crippen molar-refractivity contribution in [2.45, 2.75) is 38.9 Å². The molecule has 0 bridgehead atoms. The Kier molecular flexibility index (Phi) is 5.11. The molecule has 3 nitrogen and oxygen atoms in total. The number of hydrogen-bond donors (Lipinski definition) is 2. The summed E-state index contributed by atoms with van der Waals surface area (Å²) in [5.74, 6) is 0.554. The first-order valence-electron chi connectivity index (χ1n) is 7.60. The fourth-order valence-electron chi connectivity index (χ4n) is 2.74. The average molecular weight is 315 g/mol. The van der Waals surface area contributed by atoms with Crippen molar-refractivity contribution in [2.75, 3.05) is 18.4 Å². The summed E-state index contributed by atoms with van der Waals surface area (Å²) < 4.78 is 37.5. The van der Waals surface area contributed by atoms with Gasteiger partial charge in [0.1, 0.15) is 0 Å². The molecule has 22 heavy (non-hydrogen) atoms. The molecule has 122 valence electrons. The lowest BCUT2D eigenvalue weighted by Crippen LogP contribution is -3.17. The number of rotatable bonds is 3. The summed E-state index contributed by atoms with van der Waals surface area (Å²) >= 11 is 0. The largest absolute Gasteiger partial charge is 0.416 e. The number of anilines is 1. The van der Waals surface area contributed by atoms with Gasteiger partial charge < -0.3 is 10.2 Å². The second-order valence-corrected chi connectivity index (χ2v) is 6.13. The van der Waals surface area contributed by atoms with E-state index in [1.165, 1.54) is 17.0 Å². The first kappa shape index (κ1) is 16.8. The maximum Gasteiger partial charge on any atom is 0.416 e. The van der Waals surface area contributed by atoms with E-state index < -0.39 is 11.7 Å². The average Bonchev–Trinajstić information content (AvgIpc) is 2.47. The Hall–Kier alpha value is -1.56. The van der Waals surface area contributed by atoms with E-state index in [2.05, 4.69) is 12.2 Å². The number of amides is 1. The van der Waals surface area contributed by atoms with Gasteiger partial charge in [-0.2, -0.15) is 13.2 Å². The summed E-state index contributed by atoms with van der Waals surface area (Å²) in [6.07, 6.45) is -2.15. The number of nitrogens with one attached hydrogen (secondary N) is 2. The van der Waals surface area contributed by atoms with Crippen LogP contribution in [-0.4, -0.2) is 25.0 Å². The molecular weight excluding hydrogens is 293 g/mol. The minimum Gasteiger partial charge on any atom is -0.325 e. The third-order valence-corrected chi connectivity index (χ3v) is 4.40. The molecule has 0 radical (unpaired) electrons. The quantitative estimate of drug-likeness (QED) is 0.882. The summed E-state index contributed by atoms with van der Waals surface area (Å²) in [5.41, 5.74) is -0.316. The molecule has 1 amide bonds. The van der Waals surface area contributed by atoms with Crippen LogP contribution in [-0.2, 0) is 11.0 Å². The topological polar surface area (TPSA) is 33.5 Å². The Morgan fingerprint density at radius 1 is 1.23 bits per heavy atom. The van der Waals surface area contributed by atoms with Crippen LogP contribution in [0.5, 0.6) is 0 Å². The minimum absolute atomic E-state index is 0.149. The number of piperidine rings is 1. The van der Waals surface area contributed by atoms with E-state index in [9.17, 15) is 18.0 Å². The Morgan fingerprint density at radius 2 is 1.77 bits per heavy atom. The predicted octanol–water partition coefficient (Wildman–Crippen LogP) is 2.35. The Bertz CT molecular complexity index is 505. The summed E-state index contributed by atoms with van der Waals surface area (Å²) in [6.45, 7) is 6.00. The molecule has 6 heteroatoms. The zero-order valence-electron chi connectivity index (χ0n) is 12.8. The minimum atomic E-state index is -4.36. The van der Waals surface area contributed by atoms with Crippen LogP contribution in [0.4, 0.5) is 18.9 Å². The molecule has 0 saturated carbocycles. The highest BCUT2D eigenvalue weighted by Gasteiger charge is 2.31. The maximum atomic E-state index is 12.5. The molecule has 1 aliphatic heterocycles. The maximum absolute atomic E-state index is 12.5. The van der Waals surface area contributed by atoms with Crippen molar-refractivity contribution < 1.29 is 22.9 Å². The molecule has 1 aliphatic rings. The van der Waals surface area contributed by atoms with Gasteiger partial charge in [-0.25, -0.2) is 0 Å². The summed E-state index contributed by atoms with van der Waals surface area (Å²) in [4.78, 5) is 13.5. The molecule has 1 aromatic rings. The molecule has 0 spiro atoms. The smallest absolute Gasteiger partial charge is 0.325 e. The lowest BCUT2D eigenvalue weighted by atomic mass is 9.98. The number of likely N-dealkylation sites (tertiary alicyclic amines) is 1. The van der Waals surface area contributed by atoms with Gasteiger partial charge in [0, 0.05) is 5.69 Å². The van der Waals surface area contributed by atoms with Crippen LogP contribution in [0, 0.1) is 5.92 Å². The van der Waals surface area contributed by atoms with Crippen LogP contribution in [0.3, 0.4) is 0 Å². The van der Waals surface area contributed by atoms with E-state index in [1.54, 1.807) is 0 Å². The highest BCUT2D eigenvalue weighted by molar-refractivity contribution is 5.93. The van der Waals surface area contributed by atoms with E-state index in [-0.39, 0.29) is 11.9 Å². The molecule has 1 aromatic carbocycles. The number of alkyl halides is 3. The van der Waals surface area contributed by atoms with Crippen molar-refractivity contribution in [1.82, 2.24) is 0 Å². The van der Waals surface area contributed by atoms with Crippen molar-refractivity contribution in [1.29, 1.82) is 0 Å². The van der Waals surface area contributed by atoms with Crippen LogP contribution in [0.25, 0.3) is 0 Å². The fourth-order valence-corrected chi connectivity index (χ4v) is 2.74. The molecule has 1 atom stereocenters. The summed E-state index contributed by atoms with van der Waals surface area (Å²) in [6, 6.07) is 4.35. The van der Waals surface area contributed by atoms with Gasteiger partial charge in [0.05, 0.1) is 18.7 Å². The number of carbonyl (C=O) groups is 1. The van der Waals surface area contributed by atoms with E-state index in [1.807, 2.05) is 6.92 Å². The zero-order valence-corrected chi connectivity index (χ0v) is 12.8. The Labute approximate surface area is 128 Å². The molecule has 1 heterocycles. The fraction of sp³-hybridized carbons (Fsp3) is 0.562. The van der Waals surface area contributed by atoms with Crippen LogP contribution in [0.15, 0.2) is 24.3 Å². The monoisotopic (exact) mass is 315 g/mol. The highest BCUT2D eigenvalue weighted by atomic mass is 19.4. The van der Waals surface area contributed by atoms with Crippen LogP contribution >= 0.6 is 0 Å². The van der Waals surface area contributed by atoms with Gasteiger partial charge in [-0.3, -0.25) is 4.79 Å². The van der Waals surface area contributed by atoms with Gasteiger partial charge in [-0.15, -0.1) is 0 Å². The van der Waals surface area contributed by atoms with Gasteiger partial charge in [0.15, 0.2) is 6.04 Å². The normalized spacial score (nSPS) is 23.9. The van der Waals surface area contributed by atoms with E-state index in [0.717, 1.165) is 38.1 Å². The zero-order chi connectivity index (χ0) is 16.3. The third-order valence-electron chi connectivity index (χ3n) is 4.40. The molecular formula is C16H22F3N2O+. The number of hydrogen-bond acceptors (Lipinski definition) is 1. The van der Waals surface area contributed by atoms with Crippen molar-refractivity contribution in [3.05, 3.63) is 29.8 Å². The number of quaternary nitrogens is 1. The highest BCUT2D eigenvalue weighted by Crippen LogP contribution is 2.29. The van der Waals surface area contributed by atoms with Gasteiger partial charge in [0.2, 0.25) is 0 Å². The summed E-state index contributed by atoms with van der Waals surface area (Å²) in [7, 11) is 0. The molecule has 1 fully saturated rings. The Morgan fingerprint density at radius 3 is 2.27 bits per heavy atom. The SMILES string of the molecule is CC1CC[NH+]([C@H](C)C(=O)Nc2ccc(C(F)(F)F)cc2)CC1. The molecule has 0 unspecified atom stereocenters. The van der Waals surface area contributed by atoms with Crippen LogP contribution < -0.4 is 10.2 Å². The Balaban J connectivity index is 1.94. The molecule has 0 aromatic heterocycles. The van der Waals surface area contributed by atoms with Crippen LogP contribution in [0.2, 0.25) is 0 Å². The van der Waals surface area contributed by atoms with E-state index in [4.69, 9.17) is 0 Å². The lowest BCUT2D eigenvalue weighted by molar-refractivity contribution is -0.919. The molecule has 2 rings (SSSR count). The van der Waals surface area contributed by atoms with Crippen LogP contribution in [0.1, 0.15) is 32.3 Å². The van der Waals surface area contributed by atoms with Gasteiger partial charge >= 0.3 is 6.18 Å². The van der Waals surface area contributed by atoms with Gasteiger partial charge in [-0.1, -0.05) is 6.92 Å². The first-order valence-corrected chi connectivity index (χ1v) is 7.60. The lowest BCUT2D eigenvalue weighted by Gasteiger charge is -2.31. The predicted molar refractivity (Wildman–Crippen MR) is 78.6 cm³/mol. The number of benzene rings is 1. The summed E-state index contributed by atoms with van der Waals surface area (Å²) in [5, 5.41) is 2.70. The van der Waals surface area contributed by atoms with Crippen molar-refractivity contribution in [3.8, 4) is 0 Å². The number of carbonyl (C=O) groups excluding carboxylic acids is 1. The third kappa shape index (κ3) is 4.22.